The second kappa shape index (κ2) is 7.94. The number of nitrogens with zero attached hydrogens (tertiary/aromatic N) is 2. The average Bonchev–Trinajstić information content (AvgIpc) is 2.99. The van der Waals surface area contributed by atoms with Gasteiger partial charge in [0.05, 0.1) is 21.7 Å². The first-order valence-corrected chi connectivity index (χ1v) is 11.3. The van der Waals surface area contributed by atoms with Crippen LogP contribution in [0.3, 0.4) is 0 Å². The molecule has 0 radical (unpaired) electrons. The minimum absolute atomic E-state index is 0.0186. The highest BCUT2D eigenvalue weighted by Gasteiger charge is 2.16. The van der Waals surface area contributed by atoms with Crippen LogP contribution in [0.2, 0.25) is 0 Å². The lowest BCUT2D eigenvalue weighted by molar-refractivity contribution is -0.113. The van der Waals surface area contributed by atoms with E-state index in [-0.39, 0.29) is 16.6 Å². The van der Waals surface area contributed by atoms with E-state index < -0.39 is 10.0 Å². The Bertz CT molecular complexity index is 1130. The van der Waals surface area contributed by atoms with E-state index in [9.17, 15) is 13.2 Å². The SMILES string of the molecule is CCn1c(SCC(=O)Nc2c(C)cccc2C)nc2cc(S(N)(=O)=O)ccc21. The molecule has 0 saturated heterocycles. The third-order valence-corrected chi connectivity index (χ3v) is 6.29. The lowest BCUT2D eigenvalue weighted by Crippen LogP contribution is -2.16. The molecule has 0 aliphatic carbocycles. The molecular weight excluding hydrogens is 396 g/mol. The van der Waals surface area contributed by atoms with E-state index in [0.717, 1.165) is 22.3 Å². The van der Waals surface area contributed by atoms with E-state index in [0.29, 0.717) is 17.2 Å². The van der Waals surface area contributed by atoms with Crippen LogP contribution < -0.4 is 10.5 Å². The number of carbonyl (C=O) groups is 1. The van der Waals surface area contributed by atoms with E-state index in [1.54, 1.807) is 6.07 Å². The summed E-state index contributed by atoms with van der Waals surface area (Å²) < 4.78 is 25.1. The molecule has 3 aromatic rings. The van der Waals surface area contributed by atoms with Crippen molar-refractivity contribution in [3.8, 4) is 0 Å². The summed E-state index contributed by atoms with van der Waals surface area (Å²) >= 11 is 1.31. The number of sulfonamides is 1. The maximum absolute atomic E-state index is 12.4. The van der Waals surface area contributed by atoms with Gasteiger partial charge in [-0.1, -0.05) is 30.0 Å². The molecule has 0 fully saturated rings. The average molecular weight is 419 g/mol. The number of hydrogen-bond acceptors (Lipinski definition) is 5. The Morgan fingerprint density at radius 3 is 2.50 bits per heavy atom. The van der Waals surface area contributed by atoms with Gasteiger partial charge < -0.3 is 9.88 Å². The van der Waals surface area contributed by atoms with Crippen molar-refractivity contribution in [2.24, 2.45) is 5.14 Å². The predicted molar refractivity (Wildman–Crippen MR) is 112 cm³/mol. The van der Waals surface area contributed by atoms with E-state index in [4.69, 9.17) is 5.14 Å². The minimum Gasteiger partial charge on any atom is -0.325 e. The third kappa shape index (κ3) is 4.21. The van der Waals surface area contributed by atoms with Gasteiger partial charge in [0.15, 0.2) is 5.16 Å². The number of aromatic nitrogens is 2. The highest BCUT2D eigenvalue weighted by molar-refractivity contribution is 7.99. The van der Waals surface area contributed by atoms with Crippen molar-refractivity contribution in [1.29, 1.82) is 0 Å². The highest BCUT2D eigenvalue weighted by Crippen LogP contribution is 2.26. The first-order chi connectivity index (χ1) is 13.2. The summed E-state index contributed by atoms with van der Waals surface area (Å²) in [7, 11) is -3.79. The molecule has 2 aromatic carbocycles. The number of hydrogen-bond donors (Lipinski definition) is 2. The fourth-order valence-corrected chi connectivity index (χ4v) is 4.41. The lowest BCUT2D eigenvalue weighted by Gasteiger charge is -2.11. The fraction of sp³-hybridized carbons (Fsp3) is 0.263. The van der Waals surface area contributed by atoms with Crippen molar-refractivity contribution < 1.29 is 13.2 Å². The Morgan fingerprint density at radius 2 is 1.89 bits per heavy atom. The minimum atomic E-state index is -3.79. The molecule has 28 heavy (non-hydrogen) atoms. The molecule has 0 spiro atoms. The molecule has 1 heterocycles. The number of amides is 1. The Morgan fingerprint density at radius 1 is 1.21 bits per heavy atom. The molecule has 0 unspecified atom stereocenters. The van der Waals surface area contributed by atoms with Gasteiger partial charge in [-0.3, -0.25) is 4.79 Å². The smallest absolute Gasteiger partial charge is 0.238 e. The van der Waals surface area contributed by atoms with Gasteiger partial charge in [0.25, 0.3) is 0 Å². The van der Waals surface area contributed by atoms with Crippen LogP contribution in [-0.4, -0.2) is 29.6 Å². The molecule has 7 nitrogen and oxygen atoms in total. The number of nitrogens with one attached hydrogen (secondary N) is 1. The van der Waals surface area contributed by atoms with Crippen LogP contribution in [0.4, 0.5) is 5.69 Å². The zero-order chi connectivity index (χ0) is 20.5. The summed E-state index contributed by atoms with van der Waals surface area (Å²) in [6.45, 7) is 6.52. The molecule has 148 valence electrons. The zero-order valence-electron chi connectivity index (χ0n) is 15.9. The van der Waals surface area contributed by atoms with Crippen molar-refractivity contribution in [3.05, 3.63) is 47.5 Å². The van der Waals surface area contributed by atoms with Crippen LogP contribution in [0.5, 0.6) is 0 Å². The molecule has 0 atom stereocenters. The second-order valence-corrected chi connectivity index (χ2v) is 8.94. The van der Waals surface area contributed by atoms with Crippen molar-refractivity contribution in [1.82, 2.24) is 9.55 Å². The number of thioether (sulfide) groups is 1. The van der Waals surface area contributed by atoms with Crippen molar-refractivity contribution >= 4 is 44.4 Å². The molecular formula is C19H22N4O3S2. The van der Waals surface area contributed by atoms with Crippen LogP contribution in [0, 0.1) is 13.8 Å². The molecule has 3 N–H and O–H groups in total. The number of anilines is 1. The molecule has 1 amide bonds. The van der Waals surface area contributed by atoms with Crippen molar-refractivity contribution in [2.45, 2.75) is 37.4 Å². The summed E-state index contributed by atoms with van der Waals surface area (Å²) in [5.41, 5.74) is 4.18. The maximum Gasteiger partial charge on any atom is 0.238 e. The molecule has 0 aliphatic rings. The quantitative estimate of drug-likeness (QED) is 0.598. The normalized spacial score (nSPS) is 11.7. The Kier molecular flexibility index (Phi) is 5.78. The molecule has 1 aromatic heterocycles. The monoisotopic (exact) mass is 418 g/mol. The fourth-order valence-electron chi connectivity index (χ4n) is 3.00. The van der Waals surface area contributed by atoms with Gasteiger partial charge in [-0.05, 0) is 50.1 Å². The maximum atomic E-state index is 12.4. The van der Waals surface area contributed by atoms with E-state index >= 15 is 0 Å². The van der Waals surface area contributed by atoms with E-state index in [1.807, 2.05) is 43.5 Å². The van der Waals surface area contributed by atoms with Gasteiger partial charge in [0, 0.05) is 12.2 Å². The molecule has 3 rings (SSSR count). The highest BCUT2D eigenvalue weighted by atomic mass is 32.2. The van der Waals surface area contributed by atoms with E-state index in [1.165, 1.54) is 23.9 Å². The number of rotatable bonds is 6. The van der Waals surface area contributed by atoms with Crippen LogP contribution >= 0.6 is 11.8 Å². The Hall–Kier alpha value is -2.36. The van der Waals surface area contributed by atoms with Crippen LogP contribution in [0.15, 0.2) is 46.5 Å². The number of para-hydroxylation sites is 1. The number of fused-ring (bicyclic) bond motifs is 1. The largest absolute Gasteiger partial charge is 0.325 e. The Labute approximate surface area is 168 Å². The topological polar surface area (TPSA) is 107 Å². The van der Waals surface area contributed by atoms with Gasteiger partial charge in [-0.15, -0.1) is 0 Å². The number of imidazole rings is 1. The summed E-state index contributed by atoms with van der Waals surface area (Å²) in [6, 6.07) is 10.5. The number of aryl methyl sites for hydroxylation is 3. The number of carbonyl (C=O) groups excluding carboxylic acids is 1. The van der Waals surface area contributed by atoms with E-state index in [2.05, 4.69) is 10.3 Å². The molecule has 9 heteroatoms. The van der Waals surface area contributed by atoms with Gasteiger partial charge >= 0.3 is 0 Å². The summed E-state index contributed by atoms with van der Waals surface area (Å²) in [6.07, 6.45) is 0. The van der Waals surface area contributed by atoms with Gasteiger partial charge in [0.1, 0.15) is 0 Å². The van der Waals surface area contributed by atoms with Crippen molar-refractivity contribution in [3.63, 3.8) is 0 Å². The van der Waals surface area contributed by atoms with Crippen LogP contribution in [0.1, 0.15) is 18.1 Å². The molecule has 0 saturated carbocycles. The number of primary sulfonamides is 1. The number of benzene rings is 2. The molecule has 0 aliphatic heterocycles. The van der Waals surface area contributed by atoms with Gasteiger partial charge in [0.2, 0.25) is 15.9 Å². The summed E-state index contributed by atoms with van der Waals surface area (Å²) in [5.74, 6) is 0.0708. The predicted octanol–water partition coefficient (Wildman–Crippen LogP) is 3.05. The second-order valence-electron chi connectivity index (χ2n) is 6.44. The van der Waals surface area contributed by atoms with Crippen molar-refractivity contribution in [2.75, 3.05) is 11.1 Å². The molecule has 0 bridgehead atoms. The first-order valence-electron chi connectivity index (χ1n) is 8.72. The lowest BCUT2D eigenvalue weighted by atomic mass is 10.1. The standard InChI is InChI=1S/C19H22N4O3S2/c1-4-23-16-9-8-14(28(20,25)26)10-15(16)21-19(23)27-11-17(24)22-18-12(2)6-5-7-13(18)3/h5-10H,4,11H2,1-3H3,(H,22,24)(H2,20,25,26). The van der Waals surface area contributed by atoms with Gasteiger partial charge in [-0.2, -0.15) is 0 Å². The zero-order valence-corrected chi connectivity index (χ0v) is 17.5. The van der Waals surface area contributed by atoms with Crippen LogP contribution in [0.25, 0.3) is 11.0 Å². The first kappa shape index (κ1) is 20.4. The van der Waals surface area contributed by atoms with Gasteiger partial charge in [-0.25, -0.2) is 18.5 Å². The Balaban J connectivity index is 1.81. The summed E-state index contributed by atoms with van der Waals surface area (Å²) in [5, 5.41) is 8.81. The number of nitrogens with two attached hydrogens (primary N) is 1. The van der Waals surface area contributed by atoms with Crippen LogP contribution in [-0.2, 0) is 21.4 Å². The summed E-state index contributed by atoms with van der Waals surface area (Å²) in [4.78, 5) is 16.9. The third-order valence-electron chi connectivity index (χ3n) is 4.41.